The third kappa shape index (κ3) is 2.50. The van der Waals surface area contributed by atoms with Crippen molar-refractivity contribution in [1.82, 2.24) is 0 Å². The summed E-state index contributed by atoms with van der Waals surface area (Å²) in [7, 11) is 0. The first kappa shape index (κ1) is 11.9. The lowest BCUT2D eigenvalue weighted by atomic mass is 10.1. The third-order valence-corrected chi connectivity index (χ3v) is 3.34. The molecule has 0 atom stereocenters. The van der Waals surface area contributed by atoms with Gasteiger partial charge in [0.15, 0.2) is 0 Å². The molecule has 96 valence electrons. The van der Waals surface area contributed by atoms with Gasteiger partial charge in [0.1, 0.15) is 18.2 Å². The van der Waals surface area contributed by atoms with Crippen LogP contribution >= 0.6 is 0 Å². The largest absolute Gasteiger partial charge is 0.489 e. The molecular weight excluding hydrogens is 241 g/mol. The first-order valence-corrected chi connectivity index (χ1v) is 6.30. The molecule has 2 nitrogen and oxygen atoms in total. The summed E-state index contributed by atoms with van der Waals surface area (Å²) in [4.78, 5) is 0. The zero-order valence-corrected chi connectivity index (χ0v) is 10.4. The monoisotopic (exact) mass is 255 g/mol. The maximum absolute atomic E-state index is 13.0. The highest BCUT2D eigenvalue weighted by molar-refractivity contribution is 6.02. The summed E-state index contributed by atoms with van der Waals surface area (Å²) in [5, 5.41) is 7.78. The van der Waals surface area contributed by atoms with Gasteiger partial charge in [-0.3, -0.25) is 0 Å². The summed E-state index contributed by atoms with van der Waals surface area (Å²) in [6, 6.07) is 12.2. The van der Waals surface area contributed by atoms with Crippen molar-refractivity contribution in [3.05, 3.63) is 65.0 Å². The molecule has 0 heterocycles. The number of halogens is 1. The molecule has 3 heteroatoms. The molecule has 0 aromatic heterocycles. The number of fused-ring (bicyclic) bond motifs is 1. The average Bonchev–Trinajstić information content (AvgIpc) is 2.78. The van der Waals surface area contributed by atoms with Crippen molar-refractivity contribution in [2.45, 2.75) is 19.4 Å². The molecule has 1 N–H and O–H groups in total. The number of hydrogen-bond acceptors (Lipinski definition) is 2. The van der Waals surface area contributed by atoms with Gasteiger partial charge in [0.2, 0.25) is 0 Å². The maximum Gasteiger partial charge on any atom is 0.123 e. The lowest BCUT2D eigenvalue weighted by molar-refractivity contribution is 0.305. The first-order chi connectivity index (χ1) is 9.22. The molecule has 2 aromatic carbocycles. The summed E-state index contributed by atoms with van der Waals surface area (Å²) < 4.78 is 18.7. The van der Waals surface area contributed by atoms with Crippen molar-refractivity contribution in [3.8, 4) is 5.75 Å². The van der Waals surface area contributed by atoms with E-state index in [1.165, 1.54) is 17.7 Å². The molecule has 0 aliphatic heterocycles. The molecule has 0 spiro atoms. The summed E-state index contributed by atoms with van der Waals surface area (Å²) in [5.41, 5.74) is 3.71. The standard InChI is InChI=1S/C16H14FNO/c17-13-3-1-2-11(8-13)10-19-14-5-6-15-12(9-14)4-7-16(15)18/h1-3,5-6,8-9,18H,4,7,10H2. The fraction of sp³-hybridized carbons (Fsp3) is 0.188. The quantitative estimate of drug-likeness (QED) is 0.890. The van der Waals surface area contributed by atoms with Crippen molar-refractivity contribution >= 4 is 5.71 Å². The Labute approximate surface area is 111 Å². The Morgan fingerprint density at radius 3 is 2.84 bits per heavy atom. The van der Waals surface area contributed by atoms with Gasteiger partial charge in [-0.05, 0) is 59.9 Å². The average molecular weight is 255 g/mol. The molecular formula is C16H14FNO. The van der Waals surface area contributed by atoms with Crippen LogP contribution in [0, 0.1) is 11.2 Å². The molecule has 0 unspecified atom stereocenters. The van der Waals surface area contributed by atoms with Crippen LogP contribution in [0.5, 0.6) is 5.75 Å². The normalized spacial score (nSPS) is 13.4. The van der Waals surface area contributed by atoms with Crippen LogP contribution in [0.15, 0.2) is 42.5 Å². The Hall–Kier alpha value is -2.16. The summed E-state index contributed by atoms with van der Waals surface area (Å²) in [6.07, 6.45) is 1.72. The highest BCUT2D eigenvalue weighted by atomic mass is 19.1. The maximum atomic E-state index is 13.0. The Kier molecular flexibility index (Phi) is 3.03. The lowest BCUT2D eigenvalue weighted by Gasteiger charge is -2.08. The van der Waals surface area contributed by atoms with Gasteiger partial charge >= 0.3 is 0 Å². The fourth-order valence-corrected chi connectivity index (χ4v) is 2.35. The van der Waals surface area contributed by atoms with Crippen molar-refractivity contribution in [1.29, 1.82) is 5.41 Å². The van der Waals surface area contributed by atoms with Gasteiger partial charge in [-0.1, -0.05) is 12.1 Å². The number of ether oxygens (including phenoxy) is 1. The van der Waals surface area contributed by atoms with Crippen molar-refractivity contribution in [2.24, 2.45) is 0 Å². The minimum absolute atomic E-state index is 0.247. The second kappa shape index (κ2) is 4.84. The Morgan fingerprint density at radius 2 is 2.00 bits per heavy atom. The van der Waals surface area contributed by atoms with E-state index in [2.05, 4.69) is 0 Å². The van der Waals surface area contributed by atoms with Crippen LogP contribution in [-0.4, -0.2) is 5.71 Å². The molecule has 1 aliphatic rings. The highest BCUT2D eigenvalue weighted by Crippen LogP contribution is 2.26. The molecule has 0 bridgehead atoms. The Balaban J connectivity index is 1.73. The predicted molar refractivity (Wildman–Crippen MR) is 72.3 cm³/mol. The van der Waals surface area contributed by atoms with Gasteiger partial charge in [-0.2, -0.15) is 0 Å². The van der Waals surface area contributed by atoms with E-state index in [0.29, 0.717) is 12.3 Å². The third-order valence-electron chi connectivity index (χ3n) is 3.34. The van der Waals surface area contributed by atoms with E-state index in [0.717, 1.165) is 29.7 Å². The van der Waals surface area contributed by atoms with E-state index >= 15 is 0 Å². The number of aryl methyl sites for hydroxylation is 1. The second-order valence-corrected chi connectivity index (χ2v) is 4.72. The summed E-state index contributed by atoms with van der Waals surface area (Å²) in [6.45, 7) is 0.355. The molecule has 1 aliphatic carbocycles. The van der Waals surface area contributed by atoms with Crippen molar-refractivity contribution in [2.75, 3.05) is 0 Å². The SMILES string of the molecule is N=C1CCc2cc(OCc3cccc(F)c3)ccc21. The molecule has 0 saturated carbocycles. The second-order valence-electron chi connectivity index (χ2n) is 4.72. The smallest absolute Gasteiger partial charge is 0.123 e. The minimum atomic E-state index is -0.247. The fourth-order valence-electron chi connectivity index (χ4n) is 2.35. The van der Waals surface area contributed by atoms with Gasteiger partial charge in [0.05, 0.1) is 0 Å². The van der Waals surface area contributed by atoms with E-state index < -0.39 is 0 Å². The number of benzene rings is 2. The van der Waals surface area contributed by atoms with E-state index in [-0.39, 0.29) is 5.82 Å². The lowest BCUT2D eigenvalue weighted by Crippen LogP contribution is -1.97. The highest BCUT2D eigenvalue weighted by Gasteiger charge is 2.16. The van der Waals surface area contributed by atoms with E-state index in [1.807, 2.05) is 24.3 Å². The molecule has 2 aromatic rings. The van der Waals surface area contributed by atoms with Gasteiger partial charge in [0, 0.05) is 5.71 Å². The van der Waals surface area contributed by atoms with E-state index in [4.69, 9.17) is 10.1 Å². The van der Waals surface area contributed by atoms with Gasteiger partial charge in [0.25, 0.3) is 0 Å². The topological polar surface area (TPSA) is 33.1 Å². The number of nitrogens with one attached hydrogen (secondary N) is 1. The molecule has 0 amide bonds. The zero-order valence-electron chi connectivity index (χ0n) is 10.4. The van der Waals surface area contributed by atoms with E-state index in [9.17, 15) is 4.39 Å². The van der Waals surface area contributed by atoms with Crippen LogP contribution < -0.4 is 4.74 Å². The van der Waals surface area contributed by atoms with Gasteiger partial charge < -0.3 is 10.1 Å². The van der Waals surface area contributed by atoms with Crippen LogP contribution in [0.4, 0.5) is 4.39 Å². The van der Waals surface area contributed by atoms with Crippen LogP contribution in [0.25, 0.3) is 0 Å². The first-order valence-electron chi connectivity index (χ1n) is 6.30. The van der Waals surface area contributed by atoms with Crippen LogP contribution in [0.3, 0.4) is 0 Å². The minimum Gasteiger partial charge on any atom is -0.489 e. The van der Waals surface area contributed by atoms with Gasteiger partial charge in [-0.25, -0.2) is 4.39 Å². The van der Waals surface area contributed by atoms with Crippen LogP contribution in [-0.2, 0) is 13.0 Å². The van der Waals surface area contributed by atoms with Crippen LogP contribution in [0.2, 0.25) is 0 Å². The summed E-state index contributed by atoms with van der Waals surface area (Å²) in [5.74, 6) is 0.529. The van der Waals surface area contributed by atoms with Crippen LogP contribution in [0.1, 0.15) is 23.1 Å². The molecule has 0 saturated heterocycles. The van der Waals surface area contributed by atoms with Crippen molar-refractivity contribution < 1.29 is 9.13 Å². The molecule has 0 radical (unpaired) electrons. The predicted octanol–water partition coefficient (Wildman–Crippen LogP) is 3.72. The molecule has 0 fully saturated rings. The zero-order chi connectivity index (χ0) is 13.2. The van der Waals surface area contributed by atoms with Crippen molar-refractivity contribution in [3.63, 3.8) is 0 Å². The number of rotatable bonds is 3. The van der Waals surface area contributed by atoms with E-state index in [1.54, 1.807) is 6.07 Å². The molecule has 19 heavy (non-hydrogen) atoms. The Bertz CT molecular complexity index is 636. The Morgan fingerprint density at radius 1 is 1.11 bits per heavy atom. The van der Waals surface area contributed by atoms with Gasteiger partial charge in [-0.15, -0.1) is 0 Å². The summed E-state index contributed by atoms with van der Waals surface area (Å²) >= 11 is 0. The number of hydrogen-bond donors (Lipinski definition) is 1. The molecule has 3 rings (SSSR count).